The number of benzene rings is 1. The maximum absolute atomic E-state index is 13.7. The highest BCUT2D eigenvalue weighted by Crippen LogP contribution is 2.26. The van der Waals surface area contributed by atoms with Crippen molar-refractivity contribution in [1.82, 2.24) is 5.32 Å². The minimum Gasteiger partial charge on any atom is -0.307 e. The SMILES string of the molecule is CC1CCC(NC(C)c2cccc(F)c2F)CC1. The molecule has 1 N–H and O–H groups in total. The summed E-state index contributed by atoms with van der Waals surface area (Å²) in [6.45, 7) is 4.17. The topological polar surface area (TPSA) is 12.0 Å². The highest BCUT2D eigenvalue weighted by Gasteiger charge is 2.21. The van der Waals surface area contributed by atoms with Crippen LogP contribution in [0, 0.1) is 17.6 Å². The van der Waals surface area contributed by atoms with Crippen molar-refractivity contribution in [2.24, 2.45) is 5.92 Å². The van der Waals surface area contributed by atoms with Gasteiger partial charge in [0.25, 0.3) is 0 Å². The molecule has 1 aliphatic carbocycles. The fourth-order valence-corrected chi connectivity index (χ4v) is 2.72. The second-order valence-electron chi connectivity index (χ2n) is 5.49. The van der Waals surface area contributed by atoms with Gasteiger partial charge in [-0.05, 0) is 44.6 Å². The fraction of sp³-hybridized carbons (Fsp3) is 0.600. The summed E-state index contributed by atoms with van der Waals surface area (Å²) < 4.78 is 26.8. The lowest BCUT2D eigenvalue weighted by Crippen LogP contribution is -2.35. The molecule has 0 radical (unpaired) electrons. The molecule has 1 aromatic rings. The van der Waals surface area contributed by atoms with E-state index in [1.54, 1.807) is 12.1 Å². The Hall–Kier alpha value is -0.960. The molecule has 2 rings (SSSR count). The average Bonchev–Trinajstić information content (AvgIpc) is 2.35. The van der Waals surface area contributed by atoms with Gasteiger partial charge >= 0.3 is 0 Å². The molecule has 1 nitrogen and oxygen atoms in total. The van der Waals surface area contributed by atoms with Crippen LogP contribution < -0.4 is 5.32 Å². The molecule has 3 heteroatoms. The zero-order valence-electron chi connectivity index (χ0n) is 11.0. The molecule has 0 amide bonds. The molecule has 1 fully saturated rings. The Labute approximate surface area is 108 Å². The predicted molar refractivity (Wildman–Crippen MR) is 69.3 cm³/mol. The maximum Gasteiger partial charge on any atom is 0.163 e. The van der Waals surface area contributed by atoms with E-state index in [4.69, 9.17) is 0 Å². The third-order valence-electron chi connectivity index (χ3n) is 3.95. The van der Waals surface area contributed by atoms with Gasteiger partial charge in [-0.2, -0.15) is 0 Å². The van der Waals surface area contributed by atoms with Crippen LogP contribution in [0.25, 0.3) is 0 Å². The van der Waals surface area contributed by atoms with Gasteiger partial charge in [-0.3, -0.25) is 0 Å². The quantitative estimate of drug-likeness (QED) is 0.851. The Morgan fingerprint density at radius 3 is 2.50 bits per heavy atom. The summed E-state index contributed by atoms with van der Waals surface area (Å²) in [5.74, 6) is -0.690. The molecule has 18 heavy (non-hydrogen) atoms. The van der Waals surface area contributed by atoms with E-state index in [0.717, 1.165) is 24.8 Å². The normalized spacial score (nSPS) is 26.0. The molecule has 1 saturated carbocycles. The largest absolute Gasteiger partial charge is 0.307 e. The second kappa shape index (κ2) is 5.79. The van der Waals surface area contributed by atoms with Gasteiger partial charge in [0, 0.05) is 17.6 Å². The molecule has 0 aliphatic heterocycles. The third kappa shape index (κ3) is 3.08. The van der Waals surface area contributed by atoms with Gasteiger partial charge in [0.1, 0.15) is 0 Å². The van der Waals surface area contributed by atoms with Gasteiger partial charge < -0.3 is 5.32 Å². The molecule has 1 aliphatic rings. The van der Waals surface area contributed by atoms with Crippen molar-refractivity contribution in [2.75, 3.05) is 0 Å². The number of rotatable bonds is 3. The average molecular weight is 253 g/mol. The lowest BCUT2D eigenvalue weighted by atomic mass is 9.87. The van der Waals surface area contributed by atoms with E-state index < -0.39 is 11.6 Å². The number of halogens is 2. The van der Waals surface area contributed by atoms with Crippen LogP contribution in [0.5, 0.6) is 0 Å². The summed E-state index contributed by atoms with van der Waals surface area (Å²) in [6, 6.07) is 4.67. The maximum atomic E-state index is 13.7. The van der Waals surface area contributed by atoms with Crippen molar-refractivity contribution in [1.29, 1.82) is 0 Å². The van der Waals surface area contributed by atoms with E-state index in [2.05, 4.69) is 12.2 Å². The first kappa shape index (κ1) is 13.5. The van der Waals surface area contributed by atoms with E-state index in [9.17, 15) is 8.78 Å². The molecular formula is C15H21F2N. The van der Waals surface area contributed by atoms with Gasteiger partial charge in [-0.15, -0.1) is 0 Å². The summed E-state index contributed by atoms with van der Waals surface area (Å²) in [6.07, 6.45) is 4.69. The van der Waals surface area contributed by atoms with Crippen LogP contribution >= 0.6 is 0 Å². The van der Waals surface area contributed by atoms with Crippen molar-refractivity contribution in [3.63, 3.8) is 0 Å². The minimum atomic E-state index is -0.765. The lowest BCUT2D eigenvalue weighted by Gasteiger charge is -2.30. The first-order valence-electron chi connectivity index (χ1n) is 6.78. The monoisotopic (exact) mass is 253 g/mol. The number of hydrogen-bond acceptors (Lipinski definition) is 1. The van der Waals surface area contributed by atoms with E-state index in [1.807, 2.05) is 6.92 Å². The van der Waals surface area contributed by atoms with E-state index in [0.29, 0.717) is 11.6 Å². The van der Waals surface area contributed by atoms with Crippen molar-refractivity contribution < 1.29 is 8.78 Å². The molecule has 0 heterocycles. The van der Waals surface area contributed by atoms with Crippen molar-refractivity contribution in [3.8, 4) is 0 Å². The van der Waals surface area contributed by atoms with Crippen LogP contribution in [-0.4, -0.2) is 6.04 Å². The fourth-order valence-electron chi connectivity index (χ4n) is 2.72. The molecular weight excluding hydrogens is 232 g/mol. The van der Waals surface area contributed by atoms with Gasteiger partial charge in [-0.1, -0.05) is 19.1 Å². The Balaban J connectivity index is 1.99. The smallest absolute Gasteiger partial charge is 0.163 e. The van der Waals surface area contributed by atoms with Crippen molar-refractivity contribution in [3.05, 3.63) is 35.4 Å². The zero-order chi connectivity index (χ0) is 13.1. The summed E-state index contributed by atoms with van der Waals surface area (Å²) in [7, 11) is 0. The second-order valence-corrected chi connectivity index (χ2v) is 5.49. The van der Waals surface area contributed by atoms with Crippen LogP contribution in [0.2, 0.25) is 0 Å². The van der Waals surface area contributed by atoms with Crippen LogP contribution in [0.3, 0.4) is 0 Å². The number of hydrogen-bond donors (Lipinski definition) is 1. The Morgan fingerprint density at radius 1 is 1.17 bits per heavy atom. The van der Waals surface area contributed by atoms with E-state index >= 15 is 0 Å². The molecule has 1 unspecified atom stereocenters. The van der Waals surface area contributed by atoms with Crippen LogP contribution in [0.15, 0.2) is 18.2 Å². The van der Waals surface area contributed by atoms with E-state index in [-0.39, 0.29) is 6.04 Å². The van der Waals surface area contributed by atoms with Crippen LogP contribution in [0.4, 0.5) is 8.78 Å². The minimum absolute atomic E-state index is 0.140. The van der Waals surface area contributed by atoms with Gasteiger partial charge in [-0.25, -0.2) is 8.78 Å². The Morgan fingerprint density at radius 2 is 1.83 bits per heavy atom. The third-order valence-corrected chi connectivity index (χ3v) is 3.95. The summed E-state index contributed by atoms with van der Waals surface area (Å²) in [5.41, 5.74) is 0.425. The summed E-state index contributed by atoms with van der Waals surface area (Å²) in [5, 5.41) is 3.42. The van der Waals surface area contributed by atoms with Gasteiger partial charge in [0.2, 0.25) is 0 Å². The van der Waals surface area contributed by atoms with Crippen molar-refractivity contribution >= 4 is 0 Å². The molecule has 100 valence electrons. The standard InChI is InChI=1S/C15H21F2N/c1-10-6-8-12(9-7-10)18-11(2)13-4-3-5-14(16)15(13)17/h3-5,10-12,18H,6-9H2,1-2H3. The lowest BCUT2D eigenvalue weighted by molar-refractivity contribution is 0.289. The van der Waals surface area contributed by atoms with E-state index in [1.165, 1.54) is 12.8 Å². The van der Waals surface area contributed by atoms with Crippen LogP contribution in [-0.2, 0) is 0 Å². The molecule has 0 spiro atoms. The summed E-state index contributed by atoms with van der Waals surface area (Å²) in [4.78, 5) is 0. The molecule has 0 saturated heterocycles. The van der Waals surface area contributed by atoms with Gasteiger partial charge in [0.05, 0.1) is 0 Å². The predicted octanol–water partition coefficient (Wildman–Crippen LogP) is 4.19. The highest BCUT2D eigenvalue weighted by molar-refractivity contribution is 5.22. The summed E-state index contributed by atoms with van der Waals surface area (Å²) >= 11 is 0. The van der Waals surface area contributed by atoms with Crippen LogP contribution in [0.1, 0.15) is 51.1 Å². The number of nitrogens with one attached hydrogen (secondary N) is 1. The molecule has 0 bridgehead atoms. The molecule has 1 atom stereocenters. The Kier molecular flexibility index (Phi) is 4.33. The first-order valence-corrected chi connectivity index (χ1v) is 6.78. The van der Waals surface area contributed by atoms with Gasteiger partial charge in [0.15, 0.2) is 11.6 Å². The van der Waals surface area contributed by atoms with Crippen molar-refractivity contribution in [2.45, 2.75) is 51.6 Å². The highest BCUT2D eigenvalue weighted by atomic mass is 19.2. The molecule has 1 aromatic carbocycles. The zero-order valence-corrected chi connectivity index (χ0v) is 11.0. The molecule has 0 aromatic heterocycles. The first-order chi connectivity index (χ1) is 8.58. The Bertz CT molecular complexity index is 397.